The summed E-state index contributed by atoms with van der Waals surface area (Å²) in [6, 6.07) is 15.7. The zero-order valence-corrected chi connectivity index (χ0v) is 21.4. The fraction of sp³-hybridized carbons (Fsp3) is 0.136. The number of nitrogens with zero attached hydrogens (tertiary/aromatic N) is 2. The van der Waals surface area contributed by atoms with Crippen molar-refractivity contribution in [3.63, 3.8) is 0 Å². The van der Waals surface area contributed by atoms with Gasteiger partial charge in [-0.05, 0) is 49.4 Å². The van der Waals surface area contributed by atoms with Crippen LogP contribution in [0, 0.1) is 12.3 Å². The van der Waals surface area contributed by atoms with E-state index in [9.17, 15) is 8.42 Å². The Bertz CT molecular complexity index is 1200. The number of thiol groups is 2. The lowest BCUT2D eigenvalue weighted by Crippen LogP contribution is -2.16. The average molecular weight is 558 g/mol. The van der Waals surface area contributed by atoms with E-state index in [0.29, 0.717) is 5.69 Å². The van der Waals surface area contributed by atoms with Gasteiger partial charge in [0.25, 0.3) is 10.5 Å². The number of ether oxygens (including phenoxy) is 1. The maximum atomic E-state index is 11.8. The molecule has 0 aliphatic rings. The maximum absolute atomic E-state index is 11.8. The standard InChI is InChI=1S/C16H15N3O3S.C3H4.2CH3NOS.CH4.H2O/c1-22-13-8-6-12(7-9-13)14-10-11-18-19(14)15-4-2-3-5-16(15)23(17,20)21;1-3-2;2*2-1(3)4;;/h2-11H,1H3,(H2,17,20,21);1H,2H3;2*(H3,2,3,4);1H4;1H2. The maximum Gasteiger partial charge on any atom is 0.273 e. The minimum absolute atomic E-state index is 0. The summed E-state index contributed by atoms with van der Waals surface area (Å²) in [6.07, 6.45) is 6.21. The van der Waals surface area contributed by atoms with Gasteiger partial charge in [0.1, 0.15) is 10.6 Å². The van der Waals surface area contributed by atoms with Crippen LogP contribution in [0.15, 0.2) is 65.7 Å². The molecule has 3 rings (SSSR count). The molecule has 0 fully saturated rings. The zero-order valence-electron chi connectivity index (χ0n) is 18.8. The number of primary amides is 2. The van der Waals surface area contributed by atoms with E-state index in [2.05, 4.69) is 54.2 Å². The summed E-state index contributed by atoms with van der Waals surface area (Å²) in [6.45, 7) is 1.65. The lowest BCUT2D eigenvalue weighted by atomic mass is 10.1. The van der Waals surface area contributed by atoms with Crippen molar-refractivity contribution >= 4 is 45.8 Å². The van der Waals surface area contributed by atoms with Gasteiger partial charge in [-0.2, -0.15) is 5.10 Å². The first-order chi connectivity index (χ1) is 15.9. The molecule has 0 radical (unpaired) electrons. The molecule has 0 bridgehead atoms. The molecule has 198 valence electrons. The summed E-state index contributed by atoms with van der Waals surface area (Å²) >= 11 is 6.21. The van der Waals surface area contributed by atoms with Gasteiger partial charge in [0, 0.05) is 5.56 Å². The van der Waals surface area contributed by atoms with Crippen molar-refractivity contribution in [1.82, 2.24) is 9.78 Å². The zero-order chi connectivity index (χ0) is 26.3. The van der Waals surface area contributed by atoms with Crippen LogP contribution in [0.5, 0.6) is 5.75 Å². The second-order valence-electron chi connectivity index (χ2n) is 5.83. The first-order valence-corrected chi connectivity index (χ1v) is 11.5. The van der Waals surface area contributed by atoms with Crippen LogP contribution in [0.4, 0.5) is 9.59 Å². The summed E-state index contributed by atoms with van der Waals surface area (Å²) in [5, 5.41) is 8.27. The highest BCUT2D eigenvalue weighted by Gasteiger charge is 2.17. The molecule has 0 saturated heterocycles. The summed E-state index contributed by atoms with van der Waals surface area (Å²) in [4.78, 5) is 18.2. The average Bonchev–Trinajstić information content (AvgIpc) is 3.23. The number of sulfonamides is 1. The smallest absolute Gasteiger partial charge is 0.273 e. The van der Waals surface area contributed by atoms with Crippen molar-refractivity contribution in [3.05, 3.63) is 60.8 Å². The second-order valence-corrected chi connectivity index (χ2v) is 8.25. The van der Waals surface area contributed by atoms with Crippen molar-refractivity contribution in [1.29, 1.82) is 0 Å². The lowest BCUT2D eigenvalue weighted by Gasteiger charge is -2.11. The largest absolute Gasteiger partial charge is 0.497 e. The number of carbonyl (C=O) groups excluding carboxylic acids is 2. The minimum atomic E-state index is -3.85. The number of carbonyl (C=O) groups is 2. The van der Waals surface area contributed by atoms with Gasteiger partial charge < -0.3 is 21.7 Å². The molecule has 2 amide bonds. The predicted molar refractivity (Wildman–Crippen MR) is 149 cm³/mol. The number of hydrogen-bond acceptors (Lipinski definition) is 6. The number of para-hydroxylation sites is 1. The number of rotatable bonds is 4. The van der Waals surface area contributed by atoms with Crippen molar-refractivity contribution in [2.75, 3.05) is 7.11 Å². The van der Waals surface area contributed by atoms with Gasteiger partial charge in [0.05, 0.1) is 24.7 Å². The fourth-order valence-corrected chi connectivity index (χ4v) is 3.06. The Kier molecular flexibility index (Phi) is 19.4. The predicted octanol–water partition coefficient (Wildman–Crippen LogP) is 2.64. The molecule has 0 unspecified atom stereocenters. The van der Waals surface area contributed by atoms with Crippen LogP contribution in [0.25, 0.3) is 16.9 Å². The van der Waals surface area contributed by atoms with Gasteiger partial charge in [-0.15, -0.1) is 12.3 Å². The summed E-state index contributed by atoms with van der Waals surface area (Å²) < 4.78 is 30.3. The monoisotopic (exact) mass is 557 g/mol. The molecule has 8 N–H and O–H groups in total. The molecular weight excluding hydrogens is 526 g/mol. The highest BCUT2D eigenvalue weighted by Crippen LogP contribution is 2.27. The van der Waals surface area contributed by atoms with Crippen molar-refractivity contribution in [2.45, 2.75) is 19.2 Å². The molecule has 3 aromatic rings. The molecule has 2 aromatic carbocycles. The number of benzene rings is 2. The number of primary sulfonamides is 1. The van der Waals surface area contributed by atoms with Crippen LogP contribution < -0.4 is 21.3 Å². The molecule has 36 heavy (non-hydrogen) atoms. The number of nitrogens with two attached hydrogens (primary N) is 3. The van der Waals surface area contributed by atoms with Crippen molar-refractivity contribution in [2.24, 2.45) is 16.6 Å². The second kappa shape index (κ2) is 18.8. The van der Waals surface area contributed by atoms with E-state index in [-0.39, 0.29) is 17.8 Å². The molecule has 0 spiro atoms. The molecule has 0 aliphatic carbocycles. The van der Waals surface area contributed by atoms with Crippen molar-refractivity contribution < 1.29 is 28.2 Å². The molecule has 11 nitrogen and oxygen atoms in total. The number of amides is 2. The van der Waals surface area contributed by atoms with Crippen LogP contribution in [-0.2, 0) is 10.0 Å². The Hall–Kier alpha value is -3.48. The van der Waals surface area contributed by atoms with Crippen LogP contribution in [0.2, 0.25) is 0 Å². The van der Waals surface area contributed by atoms with Gasteiger partial charge in [0.2, 0.25) is 10.0 Å². The third-order valence-electron chi connectivity index (χ3n) is 3.43. The number of hydrogen-bond donors (Lipinski definition) is 5. The first-order valence-electron chi connectivity index (χ1n) is 9.03. The molecule has 0 saturated carbocycles. The summed E-state index contributed by atoms with van der Waals surface area (Å²) in [7, 11) is -2.25. The normalized spacial score (nSPS) is 8.89. The number of methoxy groups -OCH3 is 1. The Labute approximate surface area is 222 Å². The van der Waals surface area contributed by atoms with Gasteiger partial charge in [0.15, 0.2) is 0 Å². The number of terminal acetylenes is 1. The van der Waals surface area contributed by atoms with Crippen LogP contribution in [0.1, 0.15) is 14.4 Å². The molecule has 1 aromatic heterocycles. The Morgan fingerprint density at radius 1 is 1.03 bits per heavy atom. The SMILES string of the molecule is C.C#CC.COc1ccc(-c2ccnn2-c2ccccc2S(N)(=O)=O)cc1.NC(=O)S.NC(=O)S.O. The summed E-state index contributed by atoms with van der Waals surface area (Å²) in [5.41, 5.74) is 10.7. The highest BCUT2D eigenvalue weighted by molar-refractivity contribution is 7.96. The van der Waals surface area contributed by atoms with Crippen LogP contribution in [-0.4, -0.2) is 41.3 Å². The van der Waals surface area contributed by atoms with E-state index in [1.54, 1.807) is 43.1 Å². The first kappa shape index (κ1) is 37.1. The minimum Gasteiger partial charge on any atom is -0.497 e. The molecule has 14 heteroatoms. The molecule has 0 atom stereocenters. The van der Waals surface area contributed by atoms with E-state index < -0.39 is 20.5 Å². The van der Waals surface area contributed by atoms with Gasteiger partial charge in [-0.3, -0.25) is 9.59 Å². The van der Waals surface area contributed by atoms with E-state index in [1.165, 1.54) is 6.07 Å². The van der Waals surface area contributed by atoms with Crippen molar-refractivity contribution in [3.8, 4) is 35.0 Å². The van der Waals surface area contributed by atoms with E-state index in [0.717, 1.165) is 17.0 Å². The Balaban J connectivity index is -0.000000716. The van der Waals surface area contributed by atoms with Gasteiger partial charge >= 0.3 is 0 Å². The van der Waals surface area contributed by atoms with E-state index in [1.807, 2.05) is 30.3 Å². The molecule has 0 aliphatic heterocycles. The molecule has 1 heterocycles. The van der Waals surface area contributed by atoms with Gasteiger partial charge in [-0.1, -0.05) is 44.8 Å². The Morgan fingerprint density at radius 2 is 1.47 bits per heavy atom. The van der Waals surface area contributed by atoms with E-state index >= 15 is 0 Å². The van der Waals surface area contributed by atoms with Crippen LogP contribution >= 0.6 is 25.3 Å². The van der Waals surface area contributed by atoms with Crippen LogP contribution in [0.3, 0.4) is 0 Å². The van der Waals surface area contributed by atoms with E-state index in [4.69, 9.17) is 19.5 Å². The quantitative estimate of drug-likeness (QED) is 0.241. The lowest BCUT2D eigenvalue weighted by molar-refractivity contribution is 0.266. The third kappa shape index (κ3) is 14.0. The topological polar surface area (TPSA) is 205 Å². The fourth-order valence-electron chi connectivity index (χ4n) is 2.35. The summed E-state index contributed by atoms with van der Waals surface area (Å²) in [5.74, 6) is 2.99. The highest BCUT2D eigenvalue weighted by atomic mass is 32.2. The third-order valence-corrected chi connectivity index (χ3v) is 4.39. The number of aromatic nitrogens is 2. The Morgan fingerprint density at radius 3 is 1.89 bits per heavy atom. The molecular formula is C22H31N5O6S3. The van der Waals surface area contributed by atoms with Gasteiger partial charge in [-0.25, -0.2) is 18.2 Å².